The summed E-state index contributed by atoms with van der Waals surface area (Å²) in [4.78, 5) is 25.4. The molecule has 0 aliphatic heterocycles. The largest absolute Gasteiger partial charge is 0.322 e. The van der Waals surface area contributed by atoms with Crippen molar-refractivity contribution in [1.82, 2.24) is 4.72 Å². The van der Waals surface area contributed by atoms with Gasteiger partial charge in [0.05, 0.1) is 4.90 Å². The summed E-state index contributed by atoms with van der Waals surface area (Å²) in [7, 11) is -3.59. The molecule has 8 heteroatoms. The summed E-state index contributed by atoms with van der Waals surface area (Å²) in [6, 6.07) is 19.9. The van der Waals surface area contributed by atoms with Crippen molar-refractivity contribution in [3.8, 4) is 0 Å². The Balaban J connectivity index is 1.63. The highest BCUT2D eigenvalue weighted by Gasteiger charge is 2.15. The van der Waals surface area contributed by atoms with Crippen molar-refractivity contribution in [1.29, 1.82) is 0 Å². The molecule has 3 rings (SSSR count). The molecule has 35 heavy (non-hydrogen) atoms. The maximum atomic E-state index is 12.8. The van der Waals surface area contributed by atoms with Crippen molar-refractivity contribution >= 4 is 33.2 Å². The second-order valence-corrected chi connectivity index (χ2v) is 10.1. The van der Waals surface area contributed by atoms with Gasteiger partial charge in [-0.3, -0.25) is 9.59 Å². The Morgan fingerprint density at radius 1 is 0.771 bits per heavy atom. The number of nitrogens with one attached hydrogen (secondary N) is 3. The lowest BCUT2D eigenvalue weighted by atomic mass is 10.1. The average Bonchev–Trinajstić information content (AvgIpc) is 2.86. The van der Waals surface area contributed by atoms with Crippen LogP contribution in [0.25, 0.3) is 0 Å². The van der Waals surface area contributed by atoms with Crippen LogP contribution in [-0.2, 0) is 10.0 Å². The predicted molar refractivity (Wildman–Crippen MR) is 139 cm³/mol. The SMILES string of the molecule is CCCCCCNS(=O)(=O)c1ccc(NC(=O)c2ccc(C)c(NC(=O)c3ccccc3)c2)cc1. The molecule has 7 nitrogen and oxygen atoms in total. The predicted octanol–water partition coefficient (Wildman–Crippen LogP) is 5.36. The maximum absolute atomic E-state index is 12.8. The Bertz CT molecular complexity index is 1260. The first-order valence-corrected chi connectivity index (χ1v) is 13.2. The minimum absolute atomic E-state index is 0.146. The van der Waals surface area contributed by atoms with Gasteiger partial charge >= 0.3 is 0 Å². The molecule has 2 amide bonds. The van der Waals surface area contributed by atoms with E-state index in [-0.39, 0.29) is 16.7 Å². The monoisotopic (exact) mass is 493 g/mol. The Kier molecular flexibility index (Phi) is 9.17. The first kappa shape index (κ1) is 26.1. The van der Waals surface area contributed by atoms with Gasteiger partial charge in [0.15, 0.2) is 0 Å². The number of sulfonamides is 1. The van der Waals surface area contributed by atoms with E-state index in [1.807, 2.05) is 13.0 Å². The first-order chi connectivity index (χ1) is 16.8. The molecule has 3 aromatic rings. The van der Waals surface area contributed by atoms with Crippen LogP contribution in [-0.4, -0.2) is 26.8 Å². The summed E-state index contributed by atoms with van der Waals surface area (Å²) in [6.07, 6.45) is 3.95. The minimum atomic E-state index is -3.59. The molecule has 0 saturated carbocycles. The van der Waals surface area contributed by atoms with Gasteiger partial charge in [0, 0.05) is 29.0 Å². The Morgan fingerprint density at radius 3 is 2.14 bits per heavy atom. The van der Waals surface area contributed by atoms with Crippen LogP contribution in [0.4, 0.5) is 11.4 Å². The van der Waals surface area contributed by atoms with Crippen LogP contribution in [0.1, 0.15) is 58.9 Å². The van der Waals surface area contributed by atoms with Gasteiger partial charge in [-0.1, -0.05) is 50.5 Å². The van der Waals surface area contributed by atoms with E-state index in [9.17, 15) is 18.0 Å². The smallest absolute Gasteiger partial charge is 0.255 e. The molecule has 3 aromatic carbocycles. The summed E-state index contributed by atoms with van der Waals surface area (Å²) in [5, 5.41) is 5.61. The van der Waals surface area contributed by atoms with Gasteiger partial charge in [0.1, 0.15) is 0 Å². The highest BCUT2D eigenvalue weighted by atomic mass is 32.2. The highest BCUT2D eigenvalue weighted by molar-refractivity contribution is 7.89. The zero-order valence-corrected chi connectivity index (χ0v) is 20.8. The van der Waals surface area contributed by atoms with E-state index < -0.39 is 10.0 Å². The first-order valence-electron chi connectivity index (χ1n) is 11.7. The van der Waals surface area contributed by atoms with Crippen molar-refractivity contribution in [3.05, 3.63) is 89.5 Å². The normalized spacial score (nSPS) is 11.1. The molecule has 184 valence electrons. The zero-order chi connectivity index (χ0) is 25.3. The molecule has 0 heterocycles. The van der Waals surface area contributed by atoms with Crippen molar-refractivity contribution in [2.75, 3.05) is 17.2 Å². The lowest BCUT2D eigenvalue weighted by molar-refractivity contribution is 0.101. The number of hydrogen-bond donors (Lipinski definition) is 3. The van der Waals surface area contributed by atoms with E-state index in [2.05, 4.69) is 22.3 Å². The molecule has 0 aliphatic carbocycles. The zero-order valence-electron chi connectivity index (χ0n) is 20.0. The third-order valence-corrected chi connectivity index (χ3v) is 7.01. The van der Waals surface area contributed by atoms with Crippen LogP contribution < -0.4 is 15.4 Å². The number of carbonyl (C=O) groups excluding carboxylic acids is 2. The third-order valence-electron chi connectivity index (χ3n) is 5.53. The van der Waals surface area contributed by atoms with E-state index in [0.717, 1.165) is 31.2 Å². The van der Waals surface area contributed by atoms with Crippen molar-refractivity contribution < 1.29 is 18.0 Å². The number of hydrogen-bond acceptors (Lipinski definition) is 4. The van der Waals surface area contributed by atoms with E-state index in [1.165, 1.54) is 12.1 Å². The van der Waals surface area contributed by atoms with Crippen molar-refractivity contribution in [2.45, 2.75) is 44.4 Å². The lowest BCUT2D eigenvalue weighted by Gasteiger charge is -2.12. The number of unbranched alkanes of at least 4 members (excludes halogenated alkanes) is 3. The van der Waals surface area contributed by atoms with Gasteiger partial charge in [0.2, 0.25) is 10.0 Å². The minimum Gasteiger partial charge on any atom is -0.322 e. The molecule has 0 atom stereocenters. The third kappa shape index (κ3) is 7.50. The Labute approximate surface area is 207 Å². The van der Waals surface area contributed by atoms with Gasteiger partial charge in [0.25, 0.3) is 11.8 Å². The summed E-state index contributed by atoms with van der Waals surface area (Å²) < 4.78 is 27.5. The Morgan fingerprint density at radius 2 is 1.46 bits per heavy atom. The fourth-order valence-corrected chi connectivity index (χ4v) is 4.52. The van der Waals surface area contributed by atoms with E-state index in [1.54, 1.807) is 54.6 Å². The number of rotatable bonds is 11. The van der Waals surface area contributed by atoms with Crippen LogP contribution in [0.2, 0.25) is 0 Å². The second-order valence-electron chi connectivity index (χ2n) is 8.29. The van der Waals surface area contributed by atoms with Crippen LogP contribution >= 0.6 is 0 Å². The summed E-state index contributed by atoms with van der Waals surface area (Å²) in [5.74, 6) is -0.633. The van der Waals surface area contributed by atoms with E-state index in [0.29, 0.717) is 29.0 Å². The van der Waals surface area contributed by atoms with Gasteiger partial charge in [-0.05, 0) is 67.4 Å². The quantitative estimate of drug-likeness (QED) is 0.313. The fraction of sp³-hybridized carbons (Fsp3) is 0.259. The van der Waals surface area contributed by atoms with E-state index >= 15 is 0 Å². The van der Waals surface area contributed by atoms with Crippen molar-refractivity contribution in [3.63, 3.8) is 0 Å². The van der Waals surface area contributed by atoms with Crippen LogP contribution in [0.5, 0.6) is 0 Å². The molecule has 0 saturated heterocycles. The van der Waals surface area contributed by atoms with Crippen molar-refractivity contribution in [2.24, 2.45) is 0 Å². The Hall–Kier alpha value is -3.49. The summed E-state index contributed by atoms with van der Waals surface area (Å²) in [5.41, 5.74) is 2.71. The number of amides is 2. The highest BCUT2D eigenvalue weighted by Crippen LogP contribution is 2.20. The molecule has 0 aliphatic rings. The lowest BCUT2D eigenvalue weighted by Crippen LogP contribution is -2.24. The molecular weight excluding hydrogens is 462 g/mol. The summed E-state index contributed by atoms with van der Waals surface area (Å²) in [6.45, 7) is 4.35. The average molecular weight is 494 g/mol. The number of carbonyl (C=O) groups is 2. The number of benzene rings is 3. The van der Waals surface area contributed by atoms with E-state index in [4.69, 9.17) is 0 Å². The van der Waals surface area contributed by atoms with Gasteiger partial charge < -0.3 is 10.6 Å². The maximum Gasteiger partial charge on any atom is 0.255 e. The van der Waals surface area contributed by atoms with Gasteiger partial charge in [-0.15, -0.1) is 0 Å². The molecule has 0 bridgehead atoms. The van der Waals surface area contributed by atoms with Crippen LogP contribution in [0.3, 0.4) is 0 Å². The summed E-state index contributed by atoms with van der Waals surface area (Å²) >= 11 is 0. The molecule has 0 spiro atoms. The van der Waals surface area contributed by atoms with Crippen LogP contribution in [0.15, 0.2) is 77.7 Å². The molecule has 0 unspecified atom stereocenters. The second kappa shape index (κ2) is 12.3. The molecule has 0 aromatic heterocycles. The molecule has 0 radical (unpaired) electrons. The fourth-order valence-electron chi connectivity index (χ4n) is 3.44. The number of aryl methyl sites for hydroxylation is 1. The molecule has 0 fully saturated rings. The molecule has 3 N–H and O–H groups in total. The van der Waals surface area contributed by atoms with Gasteiger partial charge in [-0.25, -0.2) is 13.1 Å². The number of anilines is 2. The standard InChI is InChI=1S/C27H31N3O4S/c1-3-4-5-9-18-28-35(33,34)24-16-14-23(15-17-24)29-27(32)22-13-12-20(2)25(19-22)30-26(31)21-10-7-6-8-11-21/h6-8,10-17,19,28H,3-5,9,18H2,1-2H3,(H,29,32)(H,30,31). The topological polar surface area (TPSA) is 104 Å². The molecular formula is C27H31N3O4S. The van der Waals surface area contributed by atoms with Gasteiger partial charge in [-0.2, -0.15) is 0 Å². The van der Waals surface area contributed by atoms with Crippen LogP contribution in [0, 0.1) is 6.92 Å².